The minimum atomic E-state index is -4.10. The van der Waals surface area contributed by atoms with Crippen molar-refractivity contribution in [3.63, 3.8) is 0 Å². The standard InChI is InChI=1S/C19H26F3N3O/c20-19(21,22)15-6-8-16(9-7-15)23-18(26)14-24-10-12-25(13-11-24)17-4-2-1-3-5-17/h1-5,15-16H,6-14H2,(H,23,26). The predicted octanol–water partition coefficient (Wildman–Crippen LogP) is 3.05. The number of rotatable bonds is 4. The van der Waals surface area contributed by atoms with Gasteiger partial charge in [-0.1, -0.05) is 18.2 Å². The number of hydrogen-bond donors (Lipinski definition) is 1. The maximum absolute atomic E-state index is 12.7. The largest absolute Gasteiger partial charge is 0.391 e. The molecule has 1 aliphatic carbocycles. The number of carbonyl (C=O) groups excluding carboxylic acids is 1. The summed E-state index contributed by atoms with van der Waals surface area (Å²) < 4.78 is 38.1. The van der Waals surface area contributed by atoms with Crippen LogP contribution < -0.4 is 10.2 Å². The zero-order chi connectivity index (χ0) is 18.6. The fourth-order valence-corrected chi connectivity index (χ4v) is 3.84. The van der Waals surface area contributed by atoms with E-state index in [4.69, 9.17) is 0 Å². The first-order chi connectivity index (χ1) is 12.4. The topological polar surface area (TPSA) is 35.6 Å². The number of nitrogens with one attached hydrogen (secondary N) is 1. The lowest BCUT2D eigenvalue weighted by atomic mass is 9.85. The van der Waals surface area contributed by atoms with Crippen LogP contribution in [-0.2, 0) is 4.79 Å². The van der Waals surface area contributed by atoms with Gasteiger partial charge in [-0.15, -0.1) is 0 Å². The summed E-state index contributed by atoms with van der Waals surface area (Å²) in [5, 5.41) is 2.92. The van der Waals surface area contributed by atoms with Crippen LogP contribution in [0.15, 0.2) is 30.3 Å². The number of anilines is 1. The van der Waals surface area contributed by atoms with Crippen molar-refractivity contribution in [3.05, 3.63) is 30.3 Å². The molecule has 0 bridgehead atoms. The van der Waals surface area contributed by atoms with Gasteiger partial charge in [-0.3, -0.25) is 9.69 Å². The molecule has 0 atom stereocenters. The van der Waals surface area contributed by atoms with Crippen LogP contribution >= 0.6 is 0 Å². The number of benzene rings is 1. The summed E-state index contributed by atoms with van der Waals surface area (Å²) in [7, 11) is 0. The zero-order valence-electron chi connectivity index (χ0n) is 14.8. The molecule has 1 amide bonds. The summed E-state index contributed by atoms with van der Waals surface area (Å²) in [5.41, 5.74) is 1.19. The minimum Gasteiger partial charge on any atom is -0.369 e. The van der Waals surface area contributed by atoms with Crippen LogP contribution in [0, 0.1) is 5.92 Å². The SMILES string of the molecule is O=C(CN1CCN(c2ccccc2)CC1)NC1CCC(C(F)(F)F)CC1. The molecule has 1 aromatic carbocycles. The molecule has 7 heteroatoms. The summed E-state index contributed by atoms with van der Waals surface area (Å²) in [6, 6.07) is 10.1. The van der Waals surface area contributed by atoms with Gasteiger partial charge in [0.15, 0.2) is 0 Å². The molecule has 1 N–H and O–H groups in total. The van der Waals surface area contributed by atoms with Crippen LogP contribution in [0.25, 0.3) is 0 Å². The van der Waals surface area contributed by atoms with Crippen molar-refractivity contribution in [3.8, 4) is 0 Å². The fraction of sp³-hybridized carbons (Fsp3) is 0.632. The Morgan fingerprint density at radius 2 is 1.62 bits per heavy atom. The second kappa shape index (κ2) is 8.29. The number of para-hydroxylation sites is 1. The van der Waals surface area contributed by atoms with Crippen molar-refractivity contribution in [1.82, 2.24) is 10.2 Å². The number of piperazine rings is 1. The molecule has 2 fully saturated rings. The van der Waals surface area contributed by atoms with Crippen LogP contribution in [0.1, 0.15) is 25.7 Å². The first kappa shape index (κ1) is 19.0. The third-order valence-electron chi connectivity index (χ3n) is 5.42. The maximum Gasteiger partial charge on any atom is 0.391 e. The van der Waals surface area contributed by atoms with Gasteiger partial charge in [-0.05, 0) is 37.8 Å². The average molecular weight is 369 g/mol. The van der Waals surface area contributed by atoms with E-state index in [2.05, 4.69) is 27.2 Å². The van der Waals surface area contributed by atoms with Gasteiger partial charge in [0.1, 0.15) is 0 Å². The molecule has 144 valence electrons. The second-order valence-electron chi connectivity index (χ2n) is 7.26. The Bertz CT molecular complexity index is 577. The quantitative estimate of drug-likeness (QED) is 0.886. The fourth-order valence-electron chi connectivity index (χ4n) is 3.84. The highest BCUT2D eigenvalue weighted by Gasteiger charge is 2.41. The third kappa shape index (κ3) is 5.13. The van der Waals surface area contributed by atoms with Gasteiger partial charge in [-0.25, -0.2) is 0 Å². The molecule has 0 aromatic heterocycles. The smallest absolute Gasteiger partial charge is 0.369 e. The van der Waals surface area contributed by atoms with Crippen molar-refractivity contribution in [1.29, 1.82) is 0 Å². The predicted molar refractivity (Wildman–Crippen MR) is 95.0 cm³/mol. The van der Waals surface area contributed by atoms with E-state index in [0.717, 1.165) is 26.2 Å². The molecule has 0 radical (unpaired) electrons. The molecule has 2 aliphatic rings. The Balaban J connectivity index is 1.37. The summed E-state index contributed by atoms with van der Waals surface area (Å²) in [4.78, 5) is 16.6. The van der Waals surface area contributed by atoms with Crippen LogP contribution in [0.2, 0.25) is 0 Å². The molecule has 3 rings (SSSR count). The van der Waals surface area contributed by atoms with E-state index in [9.17, 15) is 18.0 Å². The first-order valence-electron chi connectivity index (χ1n) is 9.30. The van der Waals surface area contributed by atoms with Gasteiger partial charge < -0.3 is 10.2 Å². The third-order valence-corrected chi connectivity index (χ3v) is 5.42. The summed E-state index contributed by atoms with van der Waals surface area (Å²) in [6.07, 6.45) is -3.04. The molecule has 4 nitrogen and oxygen atoms in total. The van der Waals surface area contributed by atoms with E-state index in [1.165, 1.54) is 5.69 Å². The molecule has 0 unspecified atom stereocenters. The van der Waals surface area contributed by atoms with Gasteiger partial charge >= 0.3 is 6.18 Å². The van der Waals surface area contributed by atoms with Crippen molar-refractivity contribution in [2.45, 2.75) is 37.9 Å². The average Bonchev–Trinajstić information content (AvgIpc) is 2.63. The van der Waals surface area contributed by atoms with Crippen LogP contribution in [0.5, 0.6) is 0 Å². The van der Waals surface area contributed by atoms with E-state index in [1.54, 1.807) is 0 Å². The number of alkyl halides is 3. The molecule has 1 aromatic rings. The lowest BCUT2D eigenvalue weighted by Crippen LogP contribution is -2.51. The van der Waals surface area contributed by atoms with Crippen molar-refractivity contribution < 1.29 is 18.0 Å². The number of amides is 1. The highest BCUT2D eigenvalue weighted by Crippen LogP contribution is 2.37. The van der Waals surface area contributed by atoms with E-state index >= 15 is 0 Å². The van der Waals surface area contributed by atoms with E-state index in [-0.39, 0.29) is 24.8 Å². The van der Waals surface area contributed by atoms with Gasteiger partial charge in [0.2, 0.25) is 5.91 Å². The Hall–Kier alpha value is -1.76. The minimum absolute atomic E-state index is 0.0754. The zero-order valence-corrected chi connectivity index (χ0v) is 14.8. The second-order valence-corrected chi connectivity index (χ2v) is 7.26. The molecule has 26 heavy (non-hydrogen) atoms. The monoisotopic (exact) mass is 369 g/mol. The Morgan fingerprint density at radius 3 is 2.19 bits per heavy atom. The normalized spacial score (nSPS) is 25.1. The van der Waals surface area contributed by atoms with Crippen molar-refractivity contribution in [2.24, 2.45) is 5.92 Å². The molecule has 1 saturated heterocycles. The number of carbonyl (C=O) groups is 1. The number of halogens is 3. The van der Waals surface area contributed by atoms with Crippen LogP contribution in [-0.4, -0.2) is 55.7 Å². The Kier molecular flexibility index (Phi) is 6.06. The molecule has 0 spiro atoms. The summed E-state index contributed by atoms with van der Waals surface area (Å²) in [6.45, 7) is 3.68. The molecule has 1 aliphatic heterocycles. The lowest BCUT2D eigenvalue weighted by Gasteiger charge is -2.36. The van der Waals surface area contributed by atoms with E-state index in [1.807, 2.05) is 18.2 Å². The van der Waals surface area contributed by atoms with E-state index in [0.29, 0.717) is 19.4 Å². The maximum atomic E-state index is 12.7. The van der Waals surface area contributed by atoms with Crippen LogP contribution in [0.4, 0.5) is 18.9 Å². The Labute approximate surface area is 152 Å². The highest BCUT2D eigenvalue weighted by molar-refractivity contribution is 5.78. The van der Waals surface area contributed by atoms with Gasteiger partial charge in [-0.2, -0.15) is 13.2 Å². The van der Waals surface area contributed by atoms with Gasteiger partial charge in [0, 0.05) is 37.9 Å². The van der Waals surface area contributed by atoms with Crippen molar-refractivity contribution in [2.75, 3.05) is 37.6 Å². The van der Waals surface area contributed by atoms with Crippen molar-refractivity contribution >= 4 is 11.6 Å². The molecule has 1 heterocycles. The first-order valence-corrected chi connectivity index (χ1v) is 9.30. The molecular weight excluding hydrogens is 343 g/mol. The van der Waals surface area contributed by atoms with Gasteiger partial charge in [0.05, 0.1) is 12.5 Å². The number of hydrogen-bond acceptors (Lipinski definition) is 3. The highest BCUT2D eigenvalue weighted by atomic mass is 19.4. The summed E-state index contributed by atoms with van der Waals surface area (Å²) in [5.74, 6) is -1.28. The Morgan fingerprint density at radius 1 is 1.00 bits per heavy atom. The lowest BCUT2D eigenvalue weighted by molar-refractivity contribution is -0.182. The van der Waals surface area contributed by atoms with Gasteiger partial charge in [0.25, 0.3) is 0 Å². The van der Waals surface area contributed by atoms with E-state index < -0.39 is 12.1 Å². The molecule has 1 saturated carbocycles. The van der Waals surface area contributed by atoms with Crippen LogP contribution in [0.3, 0.4) is 0 Å². The summed E-state index contributed by atoms with van der Waals surface area (Å²) >= 11 is 0. The molecular formula is C19H26F3N3O. The number of nitrogens with zero attached hydrogens (tertiary/aromatic N) is 2.